The Morgan fingerprint density at radius 1 is 1.42 bits per heavy atom. The molecule has 3 nitrogen and oxygen atoms in total. The molecule has 1 aliphatic heterocycles. The number of thioether (sulfide) groups is 1. The number of nitrogens with one attached hydrogen (secondary N) is 1. The number of hydrogen-bond acceptors (Lipinski definition) is 3. The van der Waals surface area contributed by atoms with E-state index in [4.69, 9.17) is 0 Å². The predicted molar refractivity (Wildman–Crippen MR) is 83.0 cm³/mol. The SMILES string of the molecule is CC1SCCCC1Nc1cccc(C(=O)N(C)C)c1. The van der Waals surface area contributed by atoms with Crippen molar-refractivity contribution in [2.45, 2.75) is 31.1 Å². The molecule has 1 aliphatic rings. The Morgan fingerprint density at radius 2 is 2.21 bits per heavy atom. The molecule has 1 aromatic carbocycles. The van der Waals surface area contributed by atoms with Crippen LogP contribution in [0.15, 0.2) is 24.3 Å². The number of carbonyl (C=O) groups is 1. The average Bonchev–Trinajstić information content (AvgIpc) is 2.41. The first-order valence-electron chi connectivity index (χ1n) is 6.78. The normalized spacial score (nSPS) is 22.9. The van der Waals surface area contributed by atoms with Crippen molar-refractivity contribution >= 4 is 23.4 Å². The van der Waals surface area contributed by atoms with Crippen molar-refractivity contribution in [2.75, 3.05) is 25.2 Å². The van der Waals surface area contributed by atoms with Gasteiger partial charge in [-0.2, -0.15) is 11.8 Å². The maximum absolute atomic E-state index is 11.9. The fraction of sp³-hybridized carbons (Fsp3) is 0.533. The minimum absolute atomic E-state index is 0.0507. The van der Waals surface area contributed by atoms with E-state index in [0.717, 1.165) is 11.3 Å². The minimum Gasteiger partial charge on any atom is -0.381 e. The summed E-state index contributed by atoms with van der Waals surface area (Å²) < 4.78 is 0. The Bertz CT molecular complexity index is 448. The van der Waals surface area contributed by atoms with Crippen LogP contribution >= 0.6 is 11.8 Å². The highest BCUT2D eigenvalue weighted by Crippen LogP contribution is 2.27. The number of rotatable bonds is 3. The number of hydrogen-bond donors (Lipinski definition) is 1. The molecule has 0 spiro atoms. The molecule has 0 aromatic heterocycles. The van der Waals surface area contributed by atoms with Gasteiger partial charge < -0.3 is 10.2 Å². The minimum atomic E-state index is 0.0507. The molecule has 104 valence electrons. The summed E-state index contributed by atoms with van der Waals surface area (Å²) in [6, 6.07) is 8.31. The number of benzene rings is 1. The summed E-state index contributed by atoms with van der Waals surface area (Å²) in [6.45, 7) is 2.27. The predicted octanol–water partition coefficient (Wildman–Crippen LogP) is 3.08. The van der Waals surface area contributed by atoms with Gasteiger partial charge in [-0.25, -0.2) is 0 Å². The first-order valence-corrected chi connectivity index (χ1v) is 7.82. The molecule has 1 N–H and O–H groups in total. The van der Waals surface area contributed by atoms with Gasteiger partial charge in [0.15, 0.2) is 0 Å². The third-order valence-corrected chi connectivity index (χ3v) is 4.85. The van der Waals surface area contributed by atoms with Crippen molar-refractivity contribution in [3.8, 4) is 0 Å². The third kappa shape index (κ3) is 3.66. The maximum atomic E-state index is 11.9. The first-order chi connectivity index (χ1) is 9.08. The van der Waals surface area contributed by atoms with Crippen LogP contribution in [0.25, 0.3) is 0 Å². The van der Waals surface area contributed by atoms with Gasteiger partial charge in [0.25, 0.3) is 5.91 Å². The molecule has 0 bridgehead atoms. The number of carbonyl (C=O) groups excluding carboxylic acids is 1. The monoisotopic (exact) mass is 278 g/mol. The number of nitrogens with zero attached hydrogens (tertiary/aromatic N) is 1. The zero-order valence-corrected chi connectivity index (χ0v) is 12.7. The second-order valence-corrected chi connectivity index (χ2v) is 6.73. The van der Waals surface area contributed by atoms with E-state index in [0.29, 0.717) is 11.3 Å². The molecule has 2 rings (SSSR count). The molecule has 0 saturated carbocycles. The average molecular weight is 278 g/mol. The van der Waals surface area contributed by atoms with Gasteiger partial charge in [0.05, 0.1) is 0 Å². The van der Waals surface area contributed by atoms with Crippen molar-refractivity contribution in [1.29, 1.82) is 0 Å². The van der Waals surface area contributed by atoms with Gasteiger partial charge >= 0.3 is 0 Å². The van der Waals surface area contributed by atoms with E-state index < -0.39 is 0 Å². The Kier molecular flexibility index (Phi) is 4.75. The highest BCUT2D eigenvalue weighted by molar-refractivity contribution is 8.00. The second-order valence-electron chi connectivity index (χ2n) is 5.25. The van der Waals surface area contributed by atoms with Crippen LogP contribution < -0.4 is 5.32 Å². The Morgan fingerprint density at radius 3 is 2.89 bits per heavy atom. The van der Waals surface area contributed by atoms with E-state index in [1.807, 2.05) is 36.0 Å². The van der Waals surface area contributed by atoms with E-state index in [1.54, 1.807) is 19.0 Å². The molecular formula is C15H22N2OS. The summed E-state index contributed by atoms with van der Waals surface area (Å²) in [5, 5.41) is 4.20. The first kappa shape index (κ1) is 14.3. The molecule has 1 aromatic rings. The molecule has 2 atom stereocenters. The van der Waals surface area contributed by atoms with E-state index >= 15 is 0 Å². The molecule has 19 heavy (non-hydrogen) atoms. The highest BCUT2D eigenvalue weighted by atomic mass is 32.2. The molecule has 1 heterocycles. The molecule has 1 amide bonds. The van der Waals surface area contributed by atoms with Crippen LogP contribution in [0.1, 0.15) is 30.1 Å². The molecule has 2 unspecified atom stereocenters. The van der Waals surface area contributed by atoms with Gasteiger partial charge in [-0.1, -0.05) is 13.0 Å². The second kappa shape index (κ2) is 6.33. The fourth-order valence-electron chi connectivity index (χ4n) is 2.33. The summed E-state index contributed by atoms with van der Waals surface area (Å²) in [5.74, 6) is 1.31. The van der Waals surface area contributed by atoms with Crippen LogP contribution in [0.4, 0.5) is 5.69 Å². The van der Waals surface area contributed by atoms with Gasteiger partial charge in [0.1, 0.15) is 0 Å². The molecule has 0 aliphatic carbocycles. The lowest BCUT2D eigenvalue weighted by molar-refractivity contribution is 0.0827. The zero-order valence-electron chi connectivity index (χ0n) is 11.8. The Labute approximate surface area is 119 Å². The summed E-state index contributed by atoms with van der Waals surface area (Å²) in [7, 11) is 3.56. The van der Waals surface area contributed by atoms with Crippen LogP contribution in [0.5, 0.6) is 0 Å². The molecule has 1 saturated heterocycles. The smallest absolute Gasteiger partial charge is 0.253 e. The van der Waals surface area contributed by atoms with E-state index in [1.165, 1.54) is 18.6 Å². The molecule has 4 heteroatoms. The number of amides is 1. The topological polar surface area (TPSA) is 32.3 Å². The Balaban J connectivity index is 2.08. The van der Waals surface area contributed by atoms with Crippen molar-refractivity contribution in [3.05, 3.63) is 29.8 Å². The van der Waals surface area contributed by atoms with E-state index in [9.17, 15) is 4.79 Å². The standard InChI is InChI=1S/C15H22N2OS/c1-11-14(8-5-9-19-11)16-13-7-4-6-12(10-13)15(18)17(2)3/h4,6-7,10-11,14,16H,5,8-9H2,1-3H3. The van der Waals surface area contributed by atoms with Gasteiger partial charge in [0.2, 0.25) is 0 Å². The lowest BCUT2D eigenvalue weighted by Gasteiger charge is -2.30. The van der Waals surface area contributed by atoms with Crippen LogP contribution in [0.2, 0.25) is 0 Å². The van der Waals surface area contributed by atoms with Crippen molar-refractivity contribution in [1.82, 2.24) is 4.90 Å². The van der Waals surface area contributed by atoms with Crippen LogP contribution in [0, 0.1) is 0 Å². The molecular weight excluding hydrogens is 256 g/mol. The van der Waals surface area contributed by atoms with E-state index in [-0.39, 0.29) is 5.91 Å². The lowest BCUT2D eigenvalue weighted by Crippen LogP contribution is -2.32. The molecule has 0 radical (unpaired) electrons. The summed E-state index contributed by atoms with van der Waals surface area (Å²) in [5.41, 5.74) is 1.79. The summed E-state index contributed by atoms with van der Waals surface area (Å²) in [6.07, 6.45) is 2.48. The van der Waals surface area contributed by atoms with Crippen molar-refractivity contribution in [2.24, 2.45) is 0 Å². The van der Waals surface area contributed by atoms with Gasteiger partial charge in [0, 0.05) is 36.6 Å². The van der Waals surface area contributed by atoms with Gasteiger partial charge in [-0.3, -0.25) is 4.79 Å². The van der Waals surface area contributed by atoms with Crippen molar-refractivity contribution < 1.29 is 4.79 Å². The van der Waals surface area contributed by atoms with Crippen LogP contribution in [-0.2, 0) is 0 Å². The van der Waals surface area contributed by atoms with Crippen LogP contribution in [0.3, 0.4) is 0 Å². The summed E-state index contributed by atoms with van der Waals surface area (Å²) in [4.78, 5) is 13.6. The fourth-order valence-corrected chi connectivity index (χ4v) is 3.47. The zero-order chi connectivity index (χ0) is 13.8. The molecule has 1 fully saturated rings. The highest BCUT2D eigenvalue weighted by Gasteiger charge is 2.21. The maximum Gasteiger partial charge on any atom is 0.253 e. The van der Waals surface area contributed by atoms with Crippen LogP contribution in [-0.4, -0.2) is 41.9 Å². The Hall–Kier alpha value is -1.16. The van der Waals surface area contributed by atoms with Gasteiger partial charge in [-0.05, 0) is 36.8 Å². The largest absolute Gasteiger partial charge is 0.381 e. The third-order valence-electron chi connectivity index (χ3n) is 3.47. The van der Waals surface area contributed by atoms with E-state index in [2.05, 4.69) is 12.2 Å². The number of anilines is 1. The van der Waals surface area contributed by atoms with Gasteiger partial charge in [-0.15, -0.1) is 0 Å². The summed E-state index contributed by atoms with van der Waals surface area (Å²) >= 11 is 2.02. The lowest BCUT2D eigenvalue weighted by atomic mass is 10.1. The quantitative estimate of drug-likeness (QED) is 0.922. The van der Waals surface area contributed by atoms with Crippen molar-refractivity contribution in [3.63, 3.8) is 0 Å².